The number of ether oxygens (including phenoxy) is 1. The van der Waals surface area contributed by atoms with Crippen molar-refractivity contribution in [1.82, 2.24) is 20.1 Å². The minimum atomic E-state index is -1.02. The van der Waals surface area contributed by atoms with E-state index in [1.54, 1.807) is 19.3 Å². The molecule has 3 rings (SSSR count). The molecule has 10 nitrogen and oxygen atoms in total. The maximum atomic E-state index is 13.0. The number of rotatable bonds is 5. The summed E-state index contributed by atoms with van der Waals surface area (Å²) in [4.78, 5) is 62.3. The molecule has 168 valence electrons. The van der Waals surface area contributed by atoms with E-state index in [-0.39, 0.29) is 17.0 Å². The number of carbonyl (C=O) groups excluding carboxylic acids is 5. The van der Waals surface area contributed by atoms with E-state index in [4.69, 9.17) is 4.74 Å². The van der Waals surface area contributed by atoms with E-state index < -0.39 is 48.4 Å². The molecular weight excluding hydrogens is 404 g/mol. The second-order valence-corrected chi connectivity index (χ2v) is 9.30. The van der Waals surface area contributed by atoms with Gasteiger partial charge in [-0.15, -0.1) is 0 Å². The van der Waals surface area contributed by atoms with Gasteiger partial charge in [0.25, 0.3) is 17.7 Å². The van der Waals surface area contributed by atoms with E-state index in [1.165, 1.54) is 10.6 Å². The first-order chi connectivity index (χ1) is 14.4. The molecule has 10 heteroatoms. The first-order valence-electron chi connectivity index (χ1n) is 10.2. The minimum absolute atomic E-state index is 0.125. The number of aromatic nitrogens is 1. The molecule has 1 aromatic rings. The maximum absolute atomic E-state index is 13.0. The van der Waals surface area contributed by atoms with Gasteiger partial charge in [-0.25, -0.2) is 4.79 Å². The Morgan fingerprint density at radius 1 is 1.26 bits per heavy atom. The van der Waals surface area contributed by atoms with Crippen molar-refractivity contribution in [2.45, 2.75) is 45.6 Å². The van der Waals surface area contributed by atoms with Crippen LogP contribution < -0.4 is 10.6 Å². The van der Waals surface area contributed by atoms with Crippen molar-refractivity contribution in [3.63, 3.8) is 0 Å². The average Bonchev–Trinajstić information content (AvgIpc) is 3.15. The van der Waals surface area contributed by atoms with Crippen LogP contribution in [-0.2, 0) is 26.2 Å². The molecule has 0 unspecified atom stereocenters. The van der Waals surface area contributed by atoms with Gasteiger partial charge in [-0.2, -0.15) is 0 Å². The zero-order chi connectivity index (χ0) is 23.0. The fraction of sp³-hybridized carbons (Fsp3) is 0.571. The SMILES string of the molecule is C[C@@H]1CC(C)(C)C[C@@]2(C1)NC(=O)N(CC(=O)OCC(=O)NC(=O)c1cccn1C)C2=O. The van der Waals surface area contributed by atoms with Gasteiger partial charge < -0.3 is 14.6 Å². The predicted molar refractivity (Wildman–Crippen MR) is 109 cm³/mol. The summed E-state index contributed by atoms with van der Waals surface area (Å²) in [5.74, 6) is -2.55. The number of hydrogen-bond acceptors (Lipinski definition) is 6. The van der Waals surface area contributed by atoms with Gasteiger partial charge in [0.2, 0.25) is 0 Å². The molecule has 2 aliphatic rings. The summed E-state index contributed by atoms with van der Waals surface area (Å²) in [5.41, 5.74) is -0.869. The Morgan fingerprint density at radius 3 is 2.58 bits per heavy atom. The Hall–Kier alpha value is -3.17. The van der Waals surface area contributed by atoms with Crippen LogP contribution in [0.2, 0.25) is 0 Å². The molecule has 5 amide bonds. The molecule has 1 aliphatic carbocycles. The summed E-state index contributed by atoms with van der Waals surface area (Å²) in [5, 5.41) is 4.89. The van der Waals surface area contributed by atoms with Crippen LogP contribution in [0, 0.1) is 11.3 Å². The number of nitrogens with one attached hydrogen (secondary N) is 2. The third kappa shape index (κ3) is 4.78. The number of carbonyl (C=O) groups is 5. The zero-order valence-corrected chi connectivity index (χ0v) is 18.2. The van der Waals surface area contributed by atoms with Crippen LogP contribution in [-0.4, -0.2) is 57.9 Å². The normalized spacial score (nSPS) is 24.8. The molecule has 1 saturated heterocycles. The fourth-order valence-electron chi connectivity index (χ4n) is 4.89. The van der Waals surface area contributed by atoms with E-state index in [0.717, 1.165) is 11.3 Å². The third-order valence-corrected chi connectivity index (χ3v) is 5.71. The van der Waals surface area contributed by atoms with Gasteiger partial charge in [-0.1, -0.05) is 20.8 Å². The molecule has 0 aromatic carbocycles. The molecule has 2 atom stereocenters. The lowest BCUT2D eigenvalue weighted by Crippen LogP contribution is -2.54. The van der Waals surface area contributed by atoms with Crippen LogP contribution in [0.5, 0.6) is 0 Å². The van der Waals surface area contributed by atoms with Crippen LogP contribution in [0.3, 0.4) is 0 Å². The quantitative estimate of drug-likeness (QED) is 0.527. The van der Waals surface area contributed by atoms with Gasteiger partial charge in [0.1, 0.15) is 17.8 Å². The number of nitrogens with zero attached hydrogens (tertiary/aromatic N) is 2. The third-order valence-electron chi connectivity index (χ3n) is 5.71. The van der Waals surface area contributed by atoms with Crippen molar-refractivity contribution < 1.29 is 28.7 Å². The highest BCUT2D eigenvalue weighted by Crippen LogP contribution is 2.46. The second-order valence-electron chi connectivity index (χ2n) is 9.30. The standard InChI is InChI=1S/C21H28N4O6/c1-13-8-20(2,3)12-21(9-13)18(29)25(19(30)23-21)10-16(27)31-11-15(26)22-17(28)14-6-5-7-24(14)4/h5-7,13H,8-12H2,1-4H3,(H,23,30)(H,22,26,28)/t13-,21-/m1/s1. The van der Waals surface area contributed by atoms with Crippen molar-refractivity contribution in [2.24, 2.45) is 18.4 Å². The van der Waals surface area contributed by atoms with Gasteiger partial charge in [-0.05, 0) is 42.7 Å². The monoisotopic (exact) mass is 432 g/mol. The number of hydrogen-bond donors (Lipinski definition) is 2. The van der Waals surface area contributed by atoms with E-state index in [1.807, 2.05) is 6.92 Å². The van der Waals surface area contributed by atoms with Gasteiger partial charge in [-0.3, -0.25) is 29.4 Å². The molecule has 2 N–H and O–H groups in total. The topological polar surface area (TPSA) is 127 Å². The Morgan fingerprint density at radius 2 is 1.97 bits per heavy atom. The Kier molecular flexibility index (Phi) is 5.93. The Balaban J connectivity index is 1.54. The molecule has 2 fully saturated rings. The van der Waals surface area contributed by atoms with Crippen LogP contribution >= 0.6 is 0 Å². The lowest BCUT2D eigenvalue weighted by Gasteiger charge is -2.43. The average molecular weight is 432 g/mol. The first kappa shape index (κ1) is 22.5. The van der Waals surface area contributed by atoms with Crippen molar-refractivity contribution in [1.29, 1.82) is 0 Å². The fourth-order valence-corrected chi connectivity index (χ4v) is 4.89. The molecule has 1 aromatic heterocycles. The van der Waals surface area contributed by atoms with Crippen LogP contribution in [0.25, 0.3) is 0 Å². The van der Waals surface area contributed by atoms with Crippen LogP contribution in [0.4, 0.5) is 4.79 Å². The van der Waals surface area contributed by atoms with Crippen molar-refractivity contribution >= 4 is 29.7 Å². The molecule has 1 spiro atoms. The van der Waals surface area contributed by atoms with Crippen molar-refractivity contribution in [3.8, 4) is 0 Å². The van der Waals surface area contributed by atoms with Gasteiger partial charge in [0.05, 0.1) is 0 Å². The van der Waals surface area contributed by atoms with E-state index >= 15 is 0 Å². The molecule has 0 bridgehead atoms. The van der Waals surface area contributed by atoms with Crippen molar-refractivity contribution in [3.05, 3.63) is 24.0 Å². The van der Waals surface area contributed by atoms with Gasteiger partial charge >= 0.3 is 12.0 Å². The smallest absolute Gasteiger partial charge is 0.326 e. The van der Waals surface area contributed by atoms with Gasteiger partial charge in [0, 0.05) is 13.2 Å². The summed E-state index contributed by atoms with van der Waals surface area (Å²) >= 11 is 0. The Bertz CT molecular complexity index is 936. The highest BCUT2D eigenvalue weighted by atomic mass is 16.5. The van der Waals surface area contributed by atoms with Gasteiger partial charge in [0.15, 0.2) is 6.61 Å². The first-order valence-corrected chi connectivity index (χ1v) is 10.2. The number of urea groups is 1. The van der Waals surface area contributed by atoms with Crippen LogP contribution in [0.1, 0.15) is 50.5 Å². The summed E-state index contributed by atoms with van der Waals surface area (Å²) in [6, 6.07) is 2.55. The summed E-state index contributed by atoms with van der Waals surface area (Å²) in [6.45, 7) is 4.84. The molecule has 1 aliphatic heterocycles. The number of aryl methyl sites for hydroxylation is 1. The summed E-state index contributed by atoms with van der Waals surface area (Å²) in [7, 11) is 1.65. The molecule has 31 heavy (non-hydrogen) atoms. The van der Waals surface area contributed by atoms with E-state index in [0.29, 0.717) is 12.8 Å². The summed E-state index contributed by atoms with van der Waals surface area (Å²) < 4.78 is 6.40. The molecule has 0 radical (unpaired) electrons. The van der Waals surface area contributed by atoms with E-state index in [2.05, 4.69) is 24.5 Å². The number of amides is 5. The lowest BCUT2D eigenvalue weighted by atomic mass is 9.64. The number of esters is 1. The molecule has 1 saturated carbocycles. The zero-order valence-electron chi connectivity index (χ0n) is 18.2. The highest BCUT2D eigenvalue weighted by Gasteiger charge is 2.56. The largest absolute Gasteiger partial charge is 0.454 e. The van der Waals surface area contributed by atoms with Crippen LogP contribution in [0.15, 0.2) is 18.3 Å². The second kappa shape index (κ2) is 8.16. The van der Waals surface area contributed by atoms with Crippen molar-refractivity contribution in [2.75, 3.05) is 13.2 Å². The Labute approximate surface area is 180 Å². The predicted octanol–water partition coefficient (Wildman–Crippen LogP) is 0.961. The minimum Gasteiger partial charge on any atom is -0.454 e. The number of imide groups is 2. The summed E-state index contributed by atoms with van der Waals surface area (Å²) in [6.07, 6.45) is 3.59. The molecule has 2 heterocycles. The maximum Gasteiger partial charge on any atom is 0.326 e. The highest BCUT2D eigenvalue weighted by molar-refractivity contribution is 6.09. The van der Waals surface area contributed by atoms with E-state index in [9.17, 15) is 24.0 Å². The lowest BCUT2D eigenvalue weighted by molar-refractivity contribution is -0.151. The molecular formula is C21H28N4O6.